The molecule has 0 N–H and O–H groups in total. The number of tetrazole rings is 1. The highest BCUT2D eigenvalue weighted by molar-refractivity contribution is 7.15. The molecule has 5 rings (SSSR count). The number of aromatic nitrogens is 6. The summed E-state index contributed by atoms with van der Waals surface area (Å²) in [7, 11) is 0. The van der Waals surface area contributed by atoms with E-state index >= 15 is 0 Å². The molecule has 1 aromatic carbocycles. The average molecular weight is 408 g/mol. The average Bonchev–Trinajstić information content (AvgIpc) is 3.40. The zero-order valence-corrected chi connectivity index (χ0v) is 16.6. The maximum atomic E-state index is 12.2. The van der Waals surface area contributed by atoms with Crippen LogP contribution in [-0.4, -0.2) is 65.6 Å². The summed E-state index contributed by atoms with van der Waals surface area (Å²) in [4.78, 5) is 22.2. The van der Waals surface area contributed by atoms with Gasteiger partial charge in [-0.3, -0.25) is 19.0 Å². The maximum Gasteiger partial charge on any atom is 0.258 e. The van der Waals surface area contributed by atoms with E-state index in [2.05, 4.69) is 30.3 Å². The highest BCUT2D eigenvalue weighted by Gasteiger charge is 2.20. The fourth-order valence-corrected chi connectivity index (χ4v) is 4.32. The molecule has 0 spiro atoms. The Bertz CT molecular complexity index is 1160. The number of thiazole rings is 1. The molecule has 0 atom stereocenters. The summed E-state index contributed by atoms with van der Waals surface area (Å²) in [5.74, 6) is 0.836. The van der Waals surface area contributed by atoms with Crippen LogP contribution < -0.4 is 5.56 Å². The Hall–Kier alpha value is -2.95. The Balaban J connectivity index is 1.21. The molecule has 0 saturated carbocycles. The molecule has 1 aliphatic heterocycles. The van der Waals surface area contributed by atoms with E-state index in [0.717, 1.165) is 48.3 Å². The van der Waals surface area contributed by atoms with Crippen LogP contribution in [0.15, 0.2) is 52.8 Å². The zero-order valence-electron chi connectivity index (χ0n) is 15.8. The smallest absolute Gasteiger partial charge is 0.258 e. The zero-order chi connectivity index (χ0) is 19.6. The van der Waals surface area contributed by atoms with Gasteiger partial charge in [-0.15, -0.1) is 16.4 Å². The van der Waals surface area contributed by atoms with Gasteiger partial charge in [0.15, 0.2) is 10.8 Å². The van der Waals surface area contributed by atoms with Gasteiger partial charge in [0.05, 0.1) is 17.9 Å². The van der Waals surface area contributed by atoms with Crippen LogP contribution >= 0.6 is 11.3 Å². The van der Waals surface area contributed by atoms with Crippen LogP contribution in [-0.2, 0) is 13.1 Å². The number of nitrogens with zero attached hydrogens (tertiary/aromatic N) is 8. The first-order chi connectivity index (χ1) is 14.3. The molecule has 10 heteroatoms. The summed E-state index contributed by atoms with van der Waals surface area (Å²) in [6.45, 7) is 5.07. The number of fused-ring (bicyclic) bond motifs is 1. The van der Waals surface area contributed by atoms with E-state index in [1.807, 2.05) is 35.7 Å². The quantitative estimate of drug-likeness (QED) is 0.488. The van der Waals surface area contributed by atoms with Crippen molar-refractivity contribution in [2.24, 2.45) is 0 Å². The Morgan fingerprint density at radius 1 is 1.00 bits per heavy atom. The van der Waals surface area contributed by atoms with Gasteiger partial charge in [0.1, 0.15) is 0 Å². The molecular formula is C19H20N8OS. The summed E-state index contributed by atoms with van der Waals surface area (Å²) in [5, 5.41) is 14.1. The third-order valence-electron chi connectivity index (χ3n) is 5.11. The van der Waals surface area contributed by atoms with Crippen molar-refractivity contribution in [3.8, 4) is 5.69 Å². The highest BCUT2D eigenvalue weighted by Crippen LogP contribution is 2.13. The second-order valence-electron chi connectivity index (χ2n) is 7.04. The van der Waals surface area contributed by atoms with E-state index in [1.165, 1.54) is 11.3 Å². The summed E-state index contributed by atoms with van der Waals surface area (Å²) in [6, 6.07) is 11.6. The second-order valence-corrected chi connectivity index (χ2v) is 7.91. The fraction of sp³-hybridized carbons (Fsp3) is 0.316. The van der Waals surface area contributed by atoms with E-state index in [-0.39, 0.29) is 5.56 Å². The van der Waals surface area contributed by atoms with E-state index in [4.69, 9.17) is 0 Å². The summed E-state index contributed by atoms with van der Waals surface area (Å²) in [5.41, 5.74) is 1.78. The minimum Gasteiger partial charge on any atom is -0.295 e. The van der Waals surface area contributed by atoms with Gasteiger partial charge in [-0.25, -0.2) is 4.98 Å². The van der Waals surface area contributed by atoms with Crippen LogP contribution in [0.5, 0.6) is 0 Å². The lowest BCUT2D eigenvalue weighted by Crippen LogP contribution is -2.45. The van der Waals surface area contributed by atoms with E-state index < -0.39 is 0 Å². The van der Waals surface area contributed by atoms with Gasteiger partial charge in [-0.2, -0.15) is 4.68 Å². The molecule has 0 bridgehead atoms. The molecule has 0 radical (unpaired) electrons. The van der Waals surface area contributed by atoms with Gasteiger partial charge in [0.2, 0.25) is 0 Å². The van der Waals surface area contributed by atoms with Crippen molar-refractivity contribution >= 4 is 16.3 Å². The molecule has 1 fully saturated rings. The lowest BCUT2D eigenvalue weighted by atomic mass is 10.2. The molecular weight excluding hydrogens is 388 g/mol. The minimum absolute atomic E-state index is 0.0161. The minimum atomic E-state index is -0.0161. The summed E-state index contributed by atoms with van der Waals surface area (Å²) >= 11 is 1.48. The number of hydrogen-bond donors (Lipinski definition) is 0. The third kappa shape index (κ3) is 3.82. The number of piperazine rings is 1. The first kappa shape index (κ1) is 18.1. The van der Waals surface area contributed by atoms with E-state index in [0.29, 0.717) is 13.1 Å². The summed E-state index contributed by atoms with van der Waals surface area (Å²) < 4.78 is 3.38. The first-order valence-corrected chi connectivity index (χ1v) is 10.4. The van der Waals surface area contributed by atoms with Crippen LogP contribution in [0, 0.1) is 0 Å². The van der Waals surface area contributed by atoms with Crippen molar-refractivity contribution in [2.45, 2.75) is 13.1 Å². The molecule has 29 heavy (non-hydrogen) atoms. The van der Waals surface area contributed by atoms with E-state index in [1.54, 1.807) is 21.3 Å². The molecule has 3 aromatic heterocycles. The van der Waals surface area contributed by atoms with Crippen molar-refractivity contribution in [3.05, 3.63) is 69.8 Å². The molecule has 4 heterocycles. The monoisotopic (exact) mass is 408 g/mol. The van der Waals surface area contributed by atoms with Crippen LogP contribution in [0.3, 0.4) is 0 Å². The molecule has 148 valence electrons. The van der Waals surface area contributed by atoms with Gasteiger partial charge >= 0.3 is 0 Å². The number of hydrogen-bond acceptors (Lipinski definition) is 8. The first-order valence-electron chi connectivity index (χ1n) is 9.49. The SMILES string of the molecule is O=c1cc(CN2CCN(Cc3nnnn3-c3ccccc3)CC2)nc2sccn12. The Morgan fingerprint density at radius 2 is 1.76 bits per heavy atom. The third-order valence-corrected chi connectivity index (χ3v) is 5.86. The van der Waals surface area contributed by atoms with Gasteiger partial charge in [0.25, 0.3) is 5.56 Å². The van der Waals surface area contributed by atoms with Crippen LogP contribution in [0.25, 0.3) is 10.6 Å². The van der Waals surface area contributed by atoms with Gasteiger partial charge in [-0.1, -0.05) is 18.2 Å². The molecule has 4 aromatic rings. The lowest BCUT2D eigenvalue weighted by Gasteiger charge is -2.34. The van der Waals surface area contributed by atoms with Crippen molar-refractivity contribution in [2.75, 3.05) is 26.2 Å². The van der Waals surface area contributed by atoms with Gasteiger partial charge in [-0.05, 0) is 22.6 Å². The highest BCUT2D eigenvalue weighted by atomic mass is 32.1. The molecule has 1 aliphatic rings. The summed E-state index contributed by atoms with van der Waals surface area (Å²) in [6.07, 6.45) is 1.76. The van der Waals surface area contributed by atoms with Crippen molar-refractivity contribution in [1.82, 2.24) is 39.4 Å². The lowest BCUT2D eigenvalue weighted by molar-refractivity contribution is 0.118. The standard InChI is InChI=1S/C19H20N8OS/c28-18-12-15(20-19-26(18)10-11-29-19)13-24-6-8-25(9-7-24)14-17-21-22-23-27(17)16-4-2-1-3-5-16/h1-5,10-12H,6-9,13-14H2. The predicted octanol–water partition coefficient (Wildman–Crippen LogP) is 1.05. The van der Waals surface area contributed by atoms with Gasteiger partial charge in [0, 0.05) is 50.4 Å². The van der Waals surface area contributed by atoms with E-state index in [9.17, 15) is 4.79 Å². The van der Waals surface area contributed by atoms with Crippen LogP contribution in [0.1, 0.15) is 11.5 Å². The molecule has 0 amide bonds. The van der Waals surface area contributed by atoms with Crippen molar-refractivity contribution in [1.29, 1.82) is 0 Å². The normalized spacial score (nSPS) is 15.9. The Kier molecular flexibility index (Phi) is 4.88. The number of para-hydroxylation sites is 1. The van der Waals surface area contributed by atoms with Crippen LogP contribution in [0.4, 0.5) is 0 Å². The van der Waals surface area contributed by atoms with Crippen LogP contribution in [0.2, 0.25) is 0 Å². The molecule has 0 unspecified atom stereocenters. The molecule has 1 saturated heterocycles. The molecule has 0 aliphatic carbocycles. The number of benzene rings is 1. The fourth-order valence-electron chi connectivity index (χ4n) is 3.58. The van der Waals surface area contributed by atoms with Crippen molar-refractivity contribution < 1.29 is 0 Å². The topological polar surface area (TPSA) is 84.5 Å². The predicted molar refractivity (Wildman–Crippen MR) is 109 cm³/mol. The largest absolute Gasteiger partial charge is 0.295 e. The Labute approximate surface area is 170 Å². The number of rotatable bonds is 5. The molecule has 9 nitrogen and oxygen atoms in total. The second kappa shape index (κ2) is 7.82. The maximum absolute atomic E-state index is 12.2. The Morgan fingerprint density at radius 3 is 2.55 bits per heavy atom. The van der Waals surface area contributed by atoms with Gasteiger partial charge < -0.3 is 0 Å². The van der Waals surface area contributed by atoms with Crippen molar-refractivity contribution in [3.63, 3.8) is 0 Å².